The molecule has 0 saturated heterocycles. The Balaban J connectivity index is 1.86. The highest BCUT2D eigenvalue weighted by molar-refractivity contribution is 7.85. The molecule has 0 atom stereocenters. The van der Waals surface area contributed by atoms with Crippen LogP contribution in [-0.2, 0) is 10.1 Å². The van der Waals surface area contributed by atoms with Crippen molar-refractivity contribution in [3.8, 4) is 0 Å². The van der Waals surface area contributed by atoms with Gasteiger partial charge in [-0.1, -0.05) is 24.3 Å². The summed E-state index contributed by atoms with van der Waals surface area (Å²) in [7, 11) is -4.35. The molecule has 25 heavy (non-hydrogen) atoms. The van der Waals surface area contributed by atoms with E-state index in [0.717, 1.165) is 0 Å². The molecule has 0 spiro atoms. The molecular weight excluding hydrogens is 348 g/mol. The molecule has 1 aliphatic rings. The highest BCUT2D eigenvalue weighted by atomic mass is 32.2. The molecule has 3 N–H and O–H groups in total. The minimum Gasteiger partial charge on any atom is -0.321 e. The zero-order valence-electron chi connectivity index (χ0n) is 12.6. The Morgan fingerprint density at radius 3 is 2.08 bits per heavy atom. The molecule has 2 aromatic rings. The molecular formula is C16H12N2O6S. The minimum absolute atomic E-state index is 0.149. The standard InChI is InChI=1S/C16H12N2O6S/c19-14-10-3-1-2-4-11(10)15(20)13-7-9(5-6-12(13)14)18-16(21)17-8-25(22,23)24/h1-7H,8H2,(H2,17,18,21)(H,22,23,24). The van der Waals surface area contributed by atoms with Gasteiger partial charge in [-0.15, -0.1) is 0 Å². The monoisotopic (exact) mass is 360 g/mol. The quantitative estimate of drug-likeness (QED) is 0.606. The molecule has 0 aromatic heterocycles. The highest BCUT2D eigenvalue weighted by Gasteiger charge is 2.29. The third-order valence-corrected chi connectivity index (χ3v) is 4.11. The summed E-state index contributed by atoms with van der Waals surface area (Å²) in [6, 6.07) is 9.76. The average molecular weight is 360 g/mol. The zero-order valence-corrected chi connectivity index (χ0v) is 13.5. The van der Waals surface area contributed by atoms with Crippen LogP contribution in [0.5, 0.6) is 0 Å². The van der Waals surface area contributed by atoms with Gasteiger partial charge in [0.15, 0.2) is 11.6 Å². The maximum Gasteiger partial charge on any atom is 0.320 e. The zero-order chi connectivity index (χ0) is 18.2. The van der Waals surface area contributed by atoms with Crippen LogP contribution in [0.2, 0.25) is 0 Å². The van der Waals surface area contributed by atoms with Gasteiger partial charge >= 0.3 is 6.03 Å². The lowest BCUT2D eigenvalue weighted by molar-refractivity contribution is 0.0979. The number of carbonyl (C=O) groups is 3. The number of ketones is 2. The summed E-state index contributed by atoms with van der Waals surface area (Å²) in [6.07, 6.45) is 0. The summed E-state index contributed by atoms with van der Waals surface area (Å²) < 4.78 is 29.8. The van der Waals surface area contributed by atoms with Crippen molar-refractivity contribution in [1.82, 2.24) is 5.32 Å². The number of benzene rings is 2. The Labute approximate surface area is 142 Å². The molecule has 0 fully saturated rings. The lowest BCUT2D eigenvalue weighted by atomic mass is 9.84. The predicted octanol–water partition coefficient (Wildman–Crippen LogP) is 1.43. The van der Waals surface area contributed by atoms with Crippen LogP contribution in [0.1, 0.15) is 31.8 Å². The van der Waals surface area contributed by atoms with E-state index in [1.807, 2.05) is 5.32 Å². The van der Waals surface area contributed by atoms with Crippen molar-refractivity contribution in [3.63, 3.8) is 0 Å². The van der Waals surface area contributed by atoms with Gasteiger partial charge in [-0.25, -0.2) is 4.79 Å². The van der Waals surface area contributed by atoms with Gasteiger partial charge in [0.05, 0.1) is 0 Å². The van der Waals surface area contributed by atoms with Crippen molar-refractivity contribution < 1.29 is 27.4 Å². The van der Waals surface area contributed by atoms with Crippen LogP contribution in [0.4, 0.5) is 10.5 Å². The summed E-state index contributed by atoms with van der Waals surface area (Å²) in [5.41, 5.74) is 1.19. The first kappa shape index (κ1) is 16.8. The van der Waals surface area contributed by atoms with E-state index in [0.29, 0.717) is 5.56 Å². The van der Waals surface area contributed by atoms with E-state index in [1.54, 1.807) is 24.3 Å². The second-order valence-electron chi connectivity index (χ2n) is 5.32. The van der Waals surface area contributed by atoms with E-state index >= 15 is 0 Å². The Morgan fingerprint density at radius 2 is 1.48 bits per heavy atom. The normalized spacial score (nSPS) is 13.0. The van der Waals surface area contributed by atoms with Gasteiger partial charge in [-0.05, 0) is 18.2 Å². The number of carbonyl (C=O) groups excluding carboxylic acids is 3. The van der Waals surface area contributed by atoms with Gasteiger partial charge in [0.25, 0.3) is 10.1 Å². The van der Waals surface area contributed by atoms with Crippen LogP contribution < -0.4 is 10.6 Å². The SMILES string of the molecule is O=C(NCS(=O)(=O)O)Nc1ccc2c(c1)C(=O)c1ccccc1C2=O. The number of amides is 2. The summed E-state index contributed by atoms with van der Waals surface area (Å²) in [5.74, 6) is -1.58. The molecule has 0 unspecified atom stereocenters. The fourth-order valence-electron chi connectivity index (χ4n) is 2.51. The maximum atomic E-state index is 12.6. The van der Waals surface area contributed by atoms with Crippen molar-refractivity contribution in [1.29, 1.82) is 0 Å². The van der Waals surface area contributed by atoms with E-state index in [9.17, 15) is 22.8 Å². The van der Waals surface area contributed by atoms with Gasteiger partial charge in [0, 0.05) is 27.9 Å². The Hall–Kier alpha value is -3.04. The number of anilines is 1. The van der Waals surface area contributed by atoms with Crippen LogP contribution >= 0.6 is 0 Å². The van der Waals surface area contributed by atoms with Gasteiger partial charge in [-0.3, -0.25) is 14.1 Å². The molecule has 9 heteroatoms. The summed E-state index contributed by atoms with van der Waals surface area (Å²) in [5, 5.41) is 4.28. The molecule has 0 saturated carbocycles. The number of urea groups is 1. The summed E-state index contributed by atoms with van der Waals surface area (Å²) in [6.45, 7) is 0. The molecule has 1 aliphatic carbocycles. The van der Waals surface area contributed by atoms with Crippen LogP contribution in [0.3, 0.4) is 0 Å². The van der Waals surface area contributed by atoms with Gasteiger partial charge in [0.2, 0.25) is 0 Å². The van der Waals surface area contributed by atoms with Crippen molar-refractivity contribution in [2.24, 2.45) is 0 Å². The molecule has 2 aromatic carbocycles. The Kier molecular flexibility index (Phi) is 4.11. The third kappa shape index (κ3) is 3.42. The summed E-state index contributed by atoms with van der Waals surface area (Å²) >= 11 is 0. The van der Waals surface area contributed by atoms with Crippen LogP contribution in [0, 0.1) is 0 Å². The van der Waals surface area contributed by atoms with Crippen LogP contribution in [0.25, 0.3) is 0 Å². The highest BCUT2D eigenvalue weighted by Crippen LogP contribution is 2.29. The number of rotatable bonds is 3. The first-order valence-electron chi connectivity index (χ1n) is 7.09. The molecule has 8 nitrogen and oxygen atoms in total. The topological polar surface area (TPSA) is 130 Å². The van der Waals surface area contributed by atoms with Crippen molar-refractivity contribution >= 4 is 33.4 Å². The van der Waals surface area contributed by atoms with Crippen LogP contribution in [0.15, 0.2) is 42.5 Å². The van der Waals surface area contributed by atoms with Crippen LogP contribution in [-0.4, -0.2) is 36.4 Å². The van der Waals surface area contributed by atoms with Gasteiger partial charge < -0.3 is 10.6 Å². The van der Waals surface area contributed by atoms with Crippen molar-refractivity contribution in [3.05, 3.63) is 64.7 Å². The molecule has 0 heterocycles. The second-order valence-corrected chi connectivity index (χ2v) is 6.77. The summed E-state index contributed by atoms with van der Waals surface area (Å²) in [4.78, 5) is 36.6. The molecule has 0 bridgehead atoms. The van der Waals surface area contributed by atoms with Crippen molar-refractivity contribution in [2.75, 3.05) is 11.2 Å². The smallest absolute Gasteiger partial charge is 0.320 e. The largest absolute Gasteiger partial charge is 0.321 e. The third-order valence-electron chi connectivity index (χ3n) is 3.60. The van der Waals surface area contributed by atoms with E-state index in [1.165, 1.54) is 18.2 Å². The lowest BCUT2D eigenvalue weighted by Gasteiger charge is -2.18. The Morgan fingerprint density at radius 1 is 0.920 bits per heavy atom. The number of hydrogen-bond acceptors (Lipinski definition) is 5. The second kappa shape index (κ2) is 6.11. The molecule has 0 radical (unpaired) electrons. The fourth-order valence-corrected chi connectivity index (χ4v) is 2.82. The van der Waals surface area contributed by atoms with E-state index in [-0.39, 0.29) is 33.9 Å². The first-order valence-corrected chi connectivity index (χ1v) is 8.70. The lowest BCUT2D eigenvalue weighted by Crippen LogP contribution is -2.33. The van der Waals surface area contributed by atoms with E-state index in [4.69, 9.17) is 4.55 Å². The van der Waals surface area contributed by atoms with Crippen molar-refractivity contribution in [2.45, 2.75) is 0 Å². The van der Waals surface area contributed by atoms with E-state index in [2.05, 4.69) is 5.32 Å². The Bertz CT molecular complexity index is 1010. The average Bonchev–Trinajstić information content (AvgIpc) is 2.57. The first-order chi connectivity index (χ1) is 11.8. The minimum atomic E-state index is -4.35. The predicted molar refractivity (Wildman–Crippen MR) is 88.3 cm³/mol. The fraction of sp³-hybridized carbons (Fsp3) is 0.0625. The molecule has 0 aliphatic heterocycles. The maximum absolute atomic E-state index is 12.6. The van der Waals surface area contributed by atoms with E-state index < -0.39 is 22.0 Å². The molecule has 3 rings (SSSR count). The van der Waals surface area contributed by atoms with Gasteiger partial charge in [-0.2, -0.15) is 8.42 Å². The molecule has 2 amide bonds. The molecule has 128 valence electrons. The number of fused-ring (bicyclic) bond motifs is 2. The number of nitrogens with one attached hydrogen (secondary N) is 2. The number of hydrogen-bond donors (Lipinski definition) is 3. The van der Waals surface area contributed by atoms with Gasteiger partial charge in [0.1, 0.15) is 5.88 Å².